The van der Waals surface area contributed by atoms with Gasteiger partial charge < -0.3 is 10.2 Å². The van der Waals surface area contributed by atoms with E-state index >= 15 is 0 Å². The monoisotopic (exact) mass is 430 g/mol. The molecule has 1 aliphatic rings. The number of nitrogens with zero attached hydrogens (tertiary/aromatic N) is 1. The summed E-state index contributed by atoms with van der Waals surface area (Å²) in [4.78, 5) is 13.9. The molecule has 162 valence electrons. The third-order valence-corrected chi connectivity index (χ3v) is 7.82. The molecule has 2 N–H and O–H groups in total. The number of nitrogens with one attached hydrogen (secondary N) is 2. The lowest BCUT2D eigenvalue weighted by molar-refractivity contribution is -0.895. The van der Waals surface area contributed by atoms with Gasteiger partial charge in [0, 0.05) is 5.69 Å². The Balaban J connectivity index is 1.56. The second-order valence-electron chi connectivity index (χ2n) is 8.35. The van der Waals surface area contributed by atoms with Crippen LogP contribution in [0.3, 0.4) is 0 Å². The van der Waals surface area contributed by atoms with Gasteiger partial charge in [0.2, 0.25) is 10.0 Å². The number of sulfonamides is 1. The van der Waals surface area contributed by atoms with E-state index in [1.807, 2.05) is 44.2 Å². The fourth-order valence-corrected chi connectivity index (χ4v) is 5.14. The zero-order chi connectivity index (χ0) is 21.9. The van der Waals surface area contributed by atoms with Gasteiger partial charge >= 0.3 is 0 Å². The maximum atomic E-state index is 12.9. The molecule has 1 amide bonds. The van der Waals surface area contributed by atoms with Gasteiger partial charge in [0.1, 0.15) is 0 Å². The molecule has 1 aliphatic heterocycles. The van der Waals surface area contributed by atoms with Crippen LogP contribution < -0.4 is 10.2 Å². The van der Waals surface area contributed by atoms with Crippen LogP contribution in [0.2, 0.25) is 0 Å². The normalized spacial score (nSPS) is 16.0. The highest BCUT2D eigenvalue weighted by atomic mass is 32.2. The van der Waals surface area contributed by atoms with Crippen LogP contribution in [-0.4, -0.2) is 51.4 Å². The van der Waals surface area contributed by atoms with E-state index in [9.17, 15) is 13.2 Å². The molecule has 1 heterocycles. The van der Waals surface area contributed by atoms with E-state index < -0.39 is 10.0 Å². The highest BCUT2D eigenvalue weighted by molar-refractivity contribution is 7.89. The molecular weight excluding hydrogens is 398 g/mol. The van der Waals surface area contributed by atoms with Crippen LogP contribution in [0.1, 0.15) is 36.5 Å². The molecule has 1 saturated heterocycles. The summed E-state index contributed by atoms with van der Waals surface area (Å²) in [7, 11) is -3.50. The van der Waals surface area contributed by atoms with Gasteiger partial charge in [-0.25, -0.2) is 8.42 Å². The van der Waals surface area contributed by atoms with Gasteiger partial charge in [-0.2, -0.15) is 4.31 Å². The molecule has 3 rings (SSSR count). The average molecular weight is 431 g/mol. The predicted octanol–water partition coefficient (Wildman–Crippen LogP) is 1.95. The molecule has 0 spiro atoms. The number of piperazine rings is 1. The van der Waals surface area contributed by atoms with Crippen LogP contribution in [0.25, 0.3) is 0 Å². The SMILES string of the molecule is Cc1cccc(NC(=O)C[NH+]2CCN(S(=O)(=O)c3ccc(C(C)C)cc3)CC2)c1C. The van der Waals surface area contributed by atoms with Crippen LogP contribution in [0.5, 0.6) is 0 Å². The van der Waals surface area contributed by atoms with Gasteiger partial charge in [0.15, 0.2) is 6.54 Å². The van der Waals surface area contributed by atoms with Gasteiger partial charge in [0.05, 0.1) is 31.1 Å². The summed E-state index contributed by atoms with van der Waals surface area (Å²) in [5.41, 5.74) is 4.17. The number of hydrogen-bond acceptors (Lipinski definition) is 3. The highest BCUT2D eigenvalue weighted by Crippen LogP contribution is 2.20. The Bertz CT molecular complexity index is 993. The topological polar surface area (TPSA) is 70.9 Å². The van der Waals surface area contributed by atoms with E-state index in [-0.39, 0.29) is 5.91 Å². The molecule has 0 aliphatic carbocycles. The second-order valence-corrected chi connectivity index (χ2v) is 10.3. The minimum absolute atomic E-state index is 0.0423. The number of amides is 1. The number of hydrogen-bond donors (Lipinski definition) is 2. The lowest BCUT2D eigenvalue weighted by Crippen LogP contribution is -3.15. The van der Waals surface area contributed by atoms with Gasteiger partial charge in [-0.3, -0.25) is 4.79 Å². The number of benzene rings is 2. The van der Waals surface area contributed by atoms with Crippen LogP contribution in [-0.2, 0) is 14.8 Å². The smallest absolute Gasteiger partial charge is 0.279 e. The van der Waals surface area contributed by atoms with E-state index in [1.54, 1.807) is 12.1 Å². The number of rotatable bonds is 6. The predicted molar refractivity (Wildman–Crippen MR) is 119 cm³/mol. The summed E-state index contributed by atoms with van der Waals surface area (Å²) in [5.74, 6) is 0.322. The van der Waals surface area contributed by atoms with Crippen molar-refractivity contribution in [2.24, 2.45) is 0 Å². The Morgan fingerprint density at radius 3 is 2.30 bits per heavy atom. The molecule has 2 aromatic carbocycles. The number of quaternary nitrogens is 1. The second kappa shape index (κ2) is 9.29. The van der Waals surface area contributed by atoms with Crippen molar-refractivity contribution in [1.29, 1.82) is 0 Å². The Hall–Kier alpha value is -2.22. The van der Waals surface area contributed by atoms with E-state index in [2.05, 4.69) is 19.2 Å². The number of anilines is 1. The molecule has 30 heavy (non-hydrogen) atoms. The molecule has 6 nitrogen and oxygen atoms in total. The first kappa shape index (κ1) is 22.5. The van der Waals surface area contributed by atoms with Gasteiger partial charge in [-0.15, -0.1) is 0 Å². The lowest BCUT2D eigenvalue weighted by Gasteiger charge is -2.31. The Morgan fingerprint density at radius 1 is 1.07 bits per heavy atom. The molecule has 0 unspecified atom stereocenters. The van der Waals surface area contributed by atoms with E-state index in [0.717, 1.165) is 27.3 Å². The number of carbonyl (C=O) groups is 1. The Morgan fingerprint density at radius 2 is 1.70 bits per heavy atom. The van der Waals surface area contributed by atoms with Crippen molar-refractivity contribution in [3.63, 3.8) is 0 Å². The first-order valence-electron chi connectivity index (χ1n) is 10.5. The van der Waals surface area contributed by atoms with Crippen molar-refractivity contribution in [2.75, 3.05) is 38.0 Å². The zero-order valence-electron chi connectivity index (χ0n) is 18.2. The average Bonchev–Trinajstić information content (AvgIpc) is 2.72. The standard InChI is InChI=1S/C23H31N3O3S/c1-17(2)20-8-10-21(11-9-20)30(28,29)26-14-12-25(13-15-26)16-23(27)24-22-7-5-6-18(3)19(22)4/h5-11,17H,12-16H2,1-4H3,(H,24,27)/p+1. The van der Waals surface area contributed by atoms with Crippen molar-refractivity contribution in [1.82, 2.24) is 4.31 Å². The summed E-state index contributed by atoms with van der Waals surface area (Å²) in [6, 6.07) is 13.0. The van der Waals surface area contributed by atoms with E-state index in [4.69, 9.17) is 0 Å². The van der Waals surface area contributed by atoms with Crippen LogP contribution >= 0.6 is 0 Å². The van der Waals surface area contributed by atoms with E-state index in [1.165, 1.54) is 4.31 Å². The maximum absolute atomic E-state index is 12.9. The number of carbonyl (C=O) groups excluding carboxylic acids is 1. The molecule has 0 atom stereocenters. The molecule has 1 fully saturated rings. The molecule has 7 heteroatoms. The van der Waals surface area contributed by atoms with Gasteiger partial charge in [-0.05, 0) is 54.7 Å². The highest BCUT2D eigenvalue weighted by Gasteiger charge is 2.31. The molecular formula is C23H32N3O3S+. The summed E-state index contributed by atoms with van der Waals surface area (Å²) in [6.07, 6.45) is 0. The van der Waals surface area contributed by atoms with E-state index in [0.29, 0.717) is 43.5 Å². The van der Waals surface area contributed by atoms with Crippen LogP contribution in [0, 0.1) is 13.8 Å². The van der Waals surface area contributed by atoms with Crippen molar-refractivity contribution in [2.45, 2.75) is 38.5 Å². The molecule has 0 radical (unpaired) electrons. The molecule has 2 aromatic rings. The van der Waals surface area contributed by atoms with Crippen molar-refractivity contribution in [3.05, 3.63) is 59.2 Å². The first-order chi connectivity index (χ1) is 14.2. The first-order valence-corrected chi connectivity index (χ1v) is 11.9. The molecule has 0 saturated carbocycles. The zero-order valence-corrected chi connectivity index (χ0v) is 19.1. The minimum Gasteiger partial charge on any atom is -0.325 e. The maximum Gasteiger partial charge on any atom is 0.279 e. The summed E-state index contributed by atoms with van der Waals surface area (Å²) in [6.45, 7) is 10.6. The minimum atomic E-state index is -3.50. The summed E-state index contributed by atoms with van der Waals surface area (Å²) < 4.78 is 27.4. The summed E-state index contributed by atoms with van der Waals surface area (Å²) in [5, 5.41) is 2.99. The Kier molecular flexibility index (Phi) is 6.95. The summed E-state index contributed by atoms with van der Waals surface area (Å²) >= 11 is 0. The van der Waals surface area contributed by atoms with Crippen molar-refractivity contribution in [3.8, 4) is 0 Å². The quantitative estimate of drug-likeness (QED) is 0.736. The van der Waals surface area contributed by atoms with Gasteiger partial charge in [-0.1, -0.05) is 38.1 Å². The van der Waals surface area contributed by atoms with Crippen LogP contribution in [0.4, 0.5) is 5.69 Å². The van der Waals surface area contributed by atoms with Crippen molar-refractivity contribution < 1.29 is 18.1 Å². The molecule has 0 bridgehead atoms. The largest absolute Gasteiger partial charge is 0.325 e. The van der Waals surface area contributed by atoms with Crippen molar-refractivity contribution >= 4 is 21.6 Å². The fraction of sp³-hybridized carbons (Fsp3) is 0.435. The lowest BCUT2D eigenvalue weighted by atomic mass is 10.0. The molecule has 0 aromatic heterocycles. The Labute approximate surface area is 179 Å². The third kappa shape index (κ3) is 5.09. The fourth-order valence-electron chi connectivity index (χ4n) is 3.70. The number of aryl methyl sites for hydroxylation is 1. The van der Waals surface area contributed by atoms with Gasteiger partial charge in [0.25, 0.3) is 5.91 Å². The van der Waals surface area contributed by atoms with Crippen LogP contribution in [0.15, 0.2) is 47.4 Å². The third-order valence-electron chi connectivity index (χ3n) is 5.90.